The Kier molecular flexibility index (Phi) is 4.43. The highest BCUT2D eigenvalue weighted by Crippen LogP contribution is 2.34. The van der Waals surface area contributed by atoms with Crippen molar-refractivity contribution in [2.45, 2.75) is 24.2 Å². The summed E-state index contributed by atoms with van der Waals surface area (Å²) in [5.74, 6) is -0.369. The van der Waals surface area contributed by atoms with Crippen molar-refractivity contribution in [2.24, 2.45) is 5.92 Å². The van der Waals surface area contributed by atoms with E-state index in [9.17, 15) is 13.8 Å². The molecule has 0 heterocycles. The van der Waals surface area contributed by atoms with Crippen molar-refractivity contribution in [1.82, 2.24) is 0 Å². The fraction of sp³-hybridized carbons (Fsp3) is 0.385. The molecular formula is C13H12Cl2O3S. The van der Waals surface area contributed by atoms with Crippen molar-refractivity contribution in [1.29, 1.82) is 0 Å². The van der Waals surface area contributed by atoms with Crippen LogP contribution in [0.4, 0.5) is 0 Å². The molecule has 1 fully saturated rings. The van der Waals surface area contributed by atoms with E-state index in [2.05, 4.69) is 0 Å². The zero-order valence-corrected chi connectivity index (χ0v) is 12.6. The van der Waals surface area contributed by atoms with E-state index >= 15 is 0 Å². The first-order valence-electron chi connectivity index (χ1n) is 5.79. The minimum absolute atomic E-state index is 0.0299. The highest BCUT2D eigenvalue weighted by Gasteiger charge is 2.31. The second-order valence-corrected chi connectivity index (χ2v) is 6.63. The first-order valence-corrected chi connectivity index (χ1v) is 8.10. The summed E-state index contributed by atoms with van der Waals surface area (Å²) in [6.07, 6.45) is 2.99. The van der Waals surface area contributed by atoms with Gasteiger partial charge in [0.05, 0.1) is 32.2 Å². The smallest absolute Gasteiger partial charge is 0.171 e. The highest BCUT2D eigenvalue weighted by atomic mass is 35.5. The van der Waals surface area contributed by atoms with E-state index in [4.69, 9.17) is 23.2 Å². The molecule has 1 aliphatic carbocycles. The molecule has 1 aliphatic rings. The molecule has 0 aliphatic heterocycles. The van der Waals surface area contributed by atoms with Crippen LogP contribution in [0.2, 0.25) is 10.0 Å². The molecule has 1 saturated carbocycles. The quantitative estimate of drug-likeness (QED) is 0.618. The summed E-state index contributed by atoms with van der Waals surface area (Å²) in [5, 5.41) is 0.365. The fourth-order valence-corrected chi connectivity index (χ4v) is 3.39. The average Bonchev–Trinajstić information content (AvgIpc) is 3.15. The lowest BCUT2D eigenvalue weighted by Crippen LogP contribution is -2.12. The Morgan fingerprint density at radius 3 is 2.47 bits per heavy atom. The van der Waals surface area contributed by atoms with Crippen LogP contribution < -0.4 is 0 Å². The van der Waals surface area contributed by atoms with Crippen molar-refractivity contribution < 1.29 is 13.8 Å². The Hall–Kier alpha value is -0.710. The van der Waals surface area contributed by atoms with Gasteiger partial charge in [0, 0.05) is 17.7 Å². The minimum atomic E-state index is -1.44. The number of carbonyl (C=O) groups is 2. The minimum Gasteiger partial charge on any atom is -0.299 e. The van der Waals surface area contributed by atoms with E-state index in [1.54, 1.807) is 0 Å². The summed E-state index contributed by atoms with van der Waals surface area (Å²) in [5.41, 5.74) is 0.226. The van der Waals surface area contributed by atoms with E-state index in [1.165, 1.54) is 18.4 Å². The second kappa shape index (κ2) is 5.73. The van der Waals surface area contributed by atoms with Crippen LogP contribution in [0.1, 0.15) is 29.6 Å². The van der Waals surface area contributed by atoms with Gasteiger partial charge in [-0.2, -0.15) is 0 Å². The third kappa shape index (κ3) is 3.25. The van der Waals surface area contributed by atoms with Gasteiger partial charge in [-0.25, -0.2) is 0 Å². The summed E-state index contributed by atoms with van der Waals surface area (Å²) in [7, 11) is -1.44. The zero-order valence-electron chi connectivity index (χ0n) is 10.2. The number of benzene rings is 1. The van der Waals surface area contributed by atoms with Gasteiger partial charge < -0.3 is 0 Å². The number of carbonyl (C=O) groups excluding carboxylic acids is 2. The van der Waals surface area contributed by atoms with Gasteiger partial charge in [-0.15, -0.1) is 0 Å². The maximum absolute atomic E-state index is 12.1. The zero-order chi connectivity index (χ0) is 14.2. The molecule has 1 unspecified atom stereocenters. The van der Waals surface area contributed by atoms with Crippen molar-refractivity contribution in [3.8, 4) is 0 Å². The Labute approximate surface area is 123 Å². The molecule has 0 radical (unpaired) electrons. The van der Waals surface area contributed by atoms with E-state index in [1.807, 2.05) is 0 Å². The maximum atomic E-state index is 12.1. The lowest BCUT2D eigenvalue weighted by atomic mass is 10.0. The largest absolute Gasteiger partial charge is 0.299 e. The van der Waals surface area contributed by atoms with Crippen LogP contribution in [0.3, 0.4) is 0 Å². The topological polar surface area (TPSA) is 51.2 Å². The summed E-state index contributed by atoms with van der Waals surface area (Å²) in [6.45, 7) is 0. The van der Waals surface area contributed by atoms with E-state index < -0.39 is 10.8 Å². The van der Waals surface area contributed by atoms with Crippen molar-refractivity contribution >= 4 is 45.6 Å². The summed E-state index contributed by atoms with van der Waals surface area (Å²) >= 11 is 11.8. The molecule has 0 spiro atoms. The Balaban J connectivity index is 2.33. The van der Waals surface area contributed by atoms with Crippen LogP contribution in [0.5, 0.6) is 0 Å². The third-order valence-electron chi connectivity index (χ3n) is 3.01. The molecule has 1 aromatic carbocycles. The number of halogens is 2. The van der Waals surface area contributed by atoms with E-state index in [0.29, 0.717) is 0 Å². The first kappa shape index (κ1) is 14.7. The molecule has 3 nitrogen and oxygen atoms in total. The molecule has 102 valence electrons. The Morgan fingerprint density at radius 1 is 1.32 bits per heavy atom. The lowest BCUT2D eigenvalue weighted by Gasteiger charge is -2.09. The predicted octanol–water partition coefficient (Wildman–Crippen LogP) is 3.28. The number of hydrogen-bond donors (Lipinski definition) is 0. The number of ketones is 2. The maximum Gasteiger partial charge on any atom is 0.171 e. The van der Waals surface area contributed by atoms with Gasteiger partial charge in [0.25, 0.3) is 0 Å². The molecule has 19 heavy (non-hydrogen) atoms. The summed E-state index contributed by atoms with van der Waals surface area (Å²) < 4.78 is 11.7. The summed E-state index contributed by atoms with van der Waals surface area (Å²) in [6, 6.07) is 2.96. The molecule has 6 heteroatoms. The molecule has 1 aromatic rings. The number of hydrogen-bond acceptors (Lipinski definition) is 3. The molecule has 0 N–H and O–H groups in total. The highest BCUT2D eigenvalue weighted by molar-refractivity contribution is 7.84. The SMILES string of the molecule is CS(=O)c1c(C(=O)CC(=O)C2CC2)ccc(Cl)c1Cl. The van der Waals surface area contributed by atoms with Crippen LogP contribution in [0.15, 0.2) is 17.0 Å². The van der Waals surface area contributed by atoms with Crippen LogP contribution in [0, 0.1) is 5.92 Å². The summed E-state index contributed by atoms with van der Waals surface area (Å²) in [4.78, 5) is 24.0. The van der Waals surface area contributed by atoms with Crippen LogP contribution in [-0.2, 0) is 15.6 Å². The van der Waals surface area contributed by atoms with E-state index in [-0.39, 0.29) is 44.4 Å². The van der Waals surface area contributed by atoms with Crippen LogP contribution >= 0.6 is 23.2 Å². The van der Waals surface area contributed by atoms with Gasteiger partial charge in [-0.1, -0.05) is 23.2 Å². The number of rotatable bonds is 5. The van der Waals surface area contributed by atoms with Gasteiger partial charge in [0.1, 0.15) is 5.78 Å². The van der Waals surface area contributed by atoms with Gasteiger partial charge in [-0.3, -0.25) is 13.8 Å². The van der Waals surface area contributed by atoms with Crippen LogP contribution in [0.25, 0.3) is 0 Å². The first-order chi connectivity index (χ1) is 8.91. The molecule has 0 saturated heterocycles. The van der Waals surface area contributed by atoms with E-state index in [0.717, 1.165) is 12.8 Å². The molecule has 0 amide bonds. The molecule has 0 aromatic heterocycles. The Bertz CT molecular complexity index is 579. The lowest BCUT2D eigenvalue weighted by molar-refractivity contribution is -0.119. The normalized spacial score (nSPS) is 16.2. The monoisotopic (exact) mass is 318 g/mol. The van der Waals surface area contributed by atoms with Crippen molar-refractivity contribution in [3.05, 3.63) is 27.7 Å². The standard InChI is InChI=1S/C13H12Cl2O3S/c1-19(18)13-8(4-5-9(14)12(13)15)11(17)6-10(16)7-2-3-7/h4-5,7H,2-3,6H2,1H3. The van der Waals surface area contributed by atoms with Gasteiger partial charge >= 0.3 is 0 Å². The van der Waals surface area contributed by atoms with Gasteiger partial charge in [-0.05, 0) is 25.0 Å². The van der Waals surface area contributed by atoms with Crippen molar-refractivity contribution in [2.75, 3.05) is 6.26 Å². The average molecular weight is 319 g/mol. The number of Topliss-reactive ketones (excluding diaryl/α,β-unsaturated/α-hetero) is 2. The predicted molar refractivity (Wildman–Crippen MR) is 75.5 cm³/mol. The fourth-order valence-electron chi connectivity index (χ4n) is 1.84. The van der Waals surface area contributed by atoms with Crippen molar-refractivity contribution in [3.63, 3.8) is 0 Å². The molecule has 1 atom stereocenters. The second-order valence-electron chi connectivity index (χ2n) is 4.53. The molecular weight excluding hydrogens is 307 g/mol. The van der Waals surface area contributed by atoms with Crippen LogP contribution in [-0.4, -0.2) is 22.0 Å². The van der Waals surface area contributed by atoms with Gasteiger partial charge in [0.2, 0.25) is 0 Å². The molecule has 0 bridgehead atoms. The molecule has 2 rings (SSSR count). The third-order valence-corrected chi connectivity index (χ3v) is 4.92. The Morgan fingerprint density at radius 2 is 1.95 bits per heavy atom. The van der Waals surface area contributed by atoms with Gasteiger partial charge in [0.15, 0.2) is 5.78 Å².